The van der Waals surface area contributed by atoms with E-state index in [4.69, 9.17) is 16.7 Å². The van der Waals surface area contributed by atoms with Crippen molar-refractivity contribution in [3.8, 4) is 0 Å². The van der Waals surface area contributed by atoms with Gasteiger partial charge in [0.2, 0.25) is 0 Å². The molecule has 0 aliphatic carbocycles. The fourth-order valence-corrected chi connectivity index (χ4v) is 1.54. The van der Waals surface area contributed by atoms with E-state index >= 15 is 0 Å². The minimum atomic E-state index is -0.672. The normalized spacial score (nSPS) is 10.1. The van der Waals surface area contributed by atoms with E-state index in [1.807, 2.05) is 0 Å². The van der Waals surface area contributed by atoms with Gasteiger partial charge < -0.3 is 10.0 Å². The van der Waals surface area contributed by atoms with Crippen LogP contribution in [-0.2, 0) is 0 Å². The molecule has 0 spiro atoms. The molecule has 0 saturated carbocycles. The summed E-state index contributed by atoms with van der Waals surface area (Å²) in [4.78, 5) is 13.2. The first-order valence-electron chi connectivity index (χ1n) is 5.06. The van der Waals surface area contributed by atoms with Crippen LogP contribution < -0.4 is 0 Å². The average molecular weight is 258 g/mol. The van der Waals surface area contributed by atoms with Gasteiger partial charge in [-0.15, -0.1) is 6.58 Å². The van der Waals surface area contributed by atoms with Gasteiger partial charge >= 0.3 is 0 Å². The first-order chi connectivity index (χ1) is 8.10. The van der Waals surface area contributed by atoms with Crippen LogP contribution in [0.5, 0.6) is 0 Å². The van der Waals surface area contributed by atoms with Crippen molar-refractivity contribution in [1.82, 2.24) is 4.90 Å². The van der Waals surface area contributed by atoms with E-state index in [2.05, 4.69) is 6.58 Å². The highest BCUT2D eigenvalue weighted by Gasteiger charge is 2.17. The van der Waals surface area contributed by atoms with E-state index in [1.54, 1.807) is 0 Å². The number of benzene rings is 1. The minimum absolute atomic E-state index is 0.0651. The molecule has 0 fully saturated rings. The summed E-state index contributed by atoms with van der Waals surface area (Å²) in [5, 5.41) is 9.06. The Morgan fingerprint density at radius 2 is 2.29 bits per heavy atom. The Balaban J connectivity index is 2.96. The number of nitrogens with zero attached hydrogens (tertiary/aromatic N) is 1. The van der Waals surface area contributed by atoms with Crippen molar-refractivity contribution in [2.24, 2.45) is 0 Å². The predicted molar refractivity (Wildman–Crippen MR) is 64.6 cm³/mol. The predicted octanol–water partition coefficient (Wildman–Crippen LogP) is 2.10. The Morgan fingerprint density at radius 3 is 2.82 bits per heavy atom. The van der Waals surface area contributed by atoms with E-state index in [9.17, 15) is 9.18 Å². The quantitative estimate of drug-likeness (QED) is 0.821. The molecular formula is C12H13ClFNO2. The summed E-state index contributed by atoms with van der Waals surface area (Å²) in [5.41, 5.74) is -0.0651. The molecule has 3 nitrogen and oxygen atoms in total. The molecule has 1 N–H and O–H groups in total. The van der Waals surface area contributed by atoms with Crippen LogP contribution in [0.4, 0.5) is 4.39 Å². The van der Waals surface area contributed by atoms with Gasteiger partial charge in [-0.3, -0.25) is 4.79 Å². The molecule has 0 aliphatic heterocycles. The number of hydrogen-bond donors (Lipinski definition) is 1. The summed E-state index contributed by atoms with van der Waals surface area (Å²) in [5.74, 6) is -1.16. The van der Waals surface area contributed by atoms with E-state index < -0.39 is 11.7 Å². The summed E-state index contributed by atoms with van der Waals surface area (Å²) < 4.78 is 13.5. The molecule has 0 aromatic heterocycles. The van der Waals surface area contributed by atoms with Crippen LogP contribution in [0.15, 0.2) is 30.9 Å². The molecule has 0 aliphatic rings. The number of amides is 1. The fraction of sp³-hybridized carbons (Fsp3) is 0.250. The molecule has 0 atom stereocenters. The van der Waals surface area contributed by atoms with Gasteiger partial charge in [0.25, 0.3) is 5.91 Å². The maximum absolute atomic E-state index is 13.5. The summed E-state index contributed by atoms with van der Waals surface area (Å²) in [7, 11) is 0. The molecule has 0 heterocycles. The smallest absolute Gasteiger partial charge is 0.257 e. The summed E-state index contributed by atoms with van der Waals surface area (Å²) in [6.07, 6.45) is 1.52. The zero-order valence-electron chi connectivity index (χ0n) is 9.20. The van der Waals surface area contributed by atoms with Crippen LogP contribution in [0.2, 0.25) is 5.02 Å². The summed E-state index contributed by atoms with van der Waals surface area (Å²) >= 11 is 5.60. The standard InChI is InChI=1S/C12H13ClFNO2/c1-2-5-15(6-7-16)12(17)10-4-3-9(13)8-11(10)14/h2-4,8,16H,1,5-7H2. The second-order valence-electron chi connectivity index (χ2n) is 3.39. The molecule has 0 saturated heterocycles. The lowest BCUT2D eigenvalue weighted by molar-refractivity contribution is 0.0738. The lowest BCUT2D eigenvalue weighted by Gasteiger charge is -2.20. The second-order valence-corrected chi connectivity index (χ2v) is 3.82. The number of aliphatic hydroxyl groups excluding tert-OH is 1. The average Bonchev–Trinajstić information content (AvgIpc) is 2.28. The molecule has 0 bridgehead atoms. The molecule has 1 rings (SSSR count). The van der Waals surface area contributed by atoms with Gasteiger partial charge in [0.1, 0.15) is 5.82 Å². The zero-order valence-corrected chi connectivity index (χ0v) is 9.95. The van der Waals surface area contributed by atoms with E-state index in [0.717, 1.165) is 6.07 Å². The minimum Gasteiger partial charge on any atom is -0.395 e. The van der Waals surface area contributed by atoms with Crippen LogP contribution in [-0.4, -0.2) is 35.6 Å². The Bertz CT molecular complexity index is 423. The van der Waals surface area contributed by atoms with E-state index in [1.165, 1.54) is 23.1 Å². The maximum atomic E-state index is 13.5. The van der Waals surface area contributed by atoms with Crippen molar-refractivity contribution in [2.45, 2.75) is 0 Å². The fourth-order valence-electron chi connectivity index (χ4n) is 1.39. The third-order valence-electron chi connectivity index (χ3n) is 2.17. The third-order valence-corrected chi connectivity index (χ3v) is 2.40. The molecule has 1 amide bonds. The van der Waals surface area contributed by atoms with Gasteiger partial charge in [-0.1, -0.05) is 17.7 Å². The van der Waals surface area contributed by atoms with Gasteiger partial charge in [-0.2, -0.15) is 0 Å². The van der Waals surface area contributed by atoms with E-state index in [-0.39, 0.29) is 30.3 Å². The van der Waals surface area contributed by atoms with Gasteiger partial charge in [0, 0.05) is 18.1 Å². The number of halogens is 2. The first kappa shape index (κ1) is 13.7. The number of carbonyl (C=O) groups excluding carboxylic acids is 1. The molecule has 0 radical (unpaired) electrons. The molecule has 17 heavy (non-hydrogen) atoms. The Kier molecular flexibility index (Phi) is 5.12. The summed E-state index contributed by atoms with van der Waals surface area (Å²) in [6, 6.07) is 3.86. The highest BCUT2D eigenvalue weighted by atomic mass is 35.5. The number of rotatable bonds is 5. The molecule has 1 aromatic rings. The largest absolute Gasteiger partial charge is 0.395 e. The molecule has 92 valence electrons. The molecule has 1 aromatic carbocycles. The van der Waals surface area contributed by atoms with Crippen molar-refractivity contribution in [3.05, 3.63) is 47.3 Å². The lowest BCUT2D eigenvalue weighted by Crippen LogP contribution is -2.34. The van der Waals surface area contributed by atoms with Crippen molar-refractivity contribution < 1.29 is 14.3 Å². The van der Waals surface area contributed by atoms with Crippen molar-refractivity contribution in [1.29, 1.82) is 0 Å². The molecular weight excluding hydrogens is 245 g/mol. The lowest BCUT2D eigenvalue weighted by atomic mass is 10.2. The SMILES string of the molecule is C=CCN(CCO)C(=O)c1ccc(Cl)cc1F. The van der Waals surface area contributed by atoms with Crippen LogP contribution in [0.25, 0.3) is 0 Å². The van der Waals surface area contributed by atoms with Crippen molar-refractivity contribution in [3.63, 3.8) is 0 Å². The number of carbonyl (C=O) groups is 1. The van der Waals surface area contributed by atoms with Gasteiger partial charge in [0.15, 0.2) is 0 Å². The third kappa shape index (κ3) is 3.54. The Hall–Kier alpha value is -1.39. The monoisotopic (exact) mass is 257 g/mol. The van der Waals surface area contributed by atoms with Crippen molar-refractivity contribution >= 4 is 17.5 Å². The van der Waals surface area contributed by atoms with Gasteiger partial charge in [-0.25, -0.2) is 4.39 Å². The van der Waals surface area contributed by atoms with E-state index in [0.29, 0.717) is 0 Å². The van der Waals surface area contributed by atoms with Gasteiger partial charge in [-0.05, 0) is 18.2 Å². The van der Waals surface area contributed by atoms with Crippen molar-refractivity contribution in [2.75, 3.05) is 19.7 Å². The topological polar surface area (TPSA) is 40.5 Å². The second kappa shape index (κ2) is 6.37. The molecule has 5 heteroatoms. The van der Waals surface area contributed by atoms with Crippen LogP contribution >= 0.6 is 11.6 Å². The number of hydrogen-bond acceptors (Lipinski definition) is 2. The highest BCUT2D eigenvalue weighted by Crippen LogP contribution is 2.16. The van der Waals surface area contributed by atoms with Crippen LogP contribution in [0.3, 0.4) is 0 Å². The van der Waals surface area contributed by atoms with Crippen LogP contribution in [0.1, 0.15) is 10.4 Å². The first-order valence-corrected chi connectivity index (χ1v) is 5.44. The number of aliphatic hydroxyl groups is 1. The molecule has 0 unspecified atom stereocenters. The van der Waals surface area contributed by atoms with Gasteiger partial charge in [0.05, 0.1) is 12.2 Å². The zero-order chi connectivity index (χ0) is 12.8. The maximum Gasteiger partial charge on any atom is 0.257 e. The van der Waals surface area contributed by atoms with Crippen LogP contribution in [0, 0.1) is 5.82 Å². The Labute approximate surface area is 104 Å². The highest BCUT2D eigenvalue weighted by molar-refractivity contribution is 6.30. The summed E-state index contributed by atoms with van der Waals surface area (Å²) in [6.45, 7) is 3.70. The Morgan fingerprint density at radius 1 is 1.59 bits per heavy atom.